The molecule has 3 aromatic carbocycles. The maximum absolute atomic E-state index is 12.6. The lowest BCUT2D eigenvalue weighted by Gasteiger charge is -2.13. The number of aryl methyl sites for hydroxylation is 1. The first-order chi connectivity index (χ1) is 14.9. The van der Waals surface area contributed by atoms with E-state index in [1.807, 2.05) is 61.5 Å². The number of fused-ring (bicyclic) bond motifs is 1. The molecule has 156 valence electrons. The lowest BCUT2D eigenvalue weighted by Crippen LogP contribution is -2.08. The minimum absolute atomic E-state index is 0.00195. The van der Waals surface area contributed by atoms with Crippen molar-refractivity contribution in [2.45, 2.75) is 33.3 Å². The Hall–Kier alpha value is -3.66. The van der Waals surface area contributed by atoms with E-state index in [4.69, 9.17) is 9.15 Å². The van der Waals surface area contributed by atoms with Crippen LogP contribution in [0.4, 0.5) is 0 Å². The minimum atomic E-state index is -0.456. The van der Waals surface area contributed by atoms with Crippen LogP contribution in [0.5, 0.6) is 0 Å². The van der Waals surface area contributed by atoms with Crippen LogP contribution in [0, 0.1) is 6.92 Å². The van der Waals surface area contributed by atoms with Gasteiger partial charge in [0.05, 0.1) is 5.56 Å². The monoisotopic (exact) mass is 412 g/mol. The molecule has 0 bridgehead atoms. The van der Waals surface area contributed by atoms with Gasteiger partial charge in [-0.15, -0.1) is 0 Å². The highest BCUT2D eigenvalue weighted by molar-refractivity contribution is 5.90. The van der Waals surface area contributed by atoms with Crippen LogP contribution < -0.4 is 5.63 Å². The summed E-state index contributed by atoms with van der Waals surface area (Å²) < 4.78 is 10.9. The first-order valence-corrected chi connectivity index (χ1v) is 10.3. The molecule has 0 atom stereocenters. The van der Waals surface area contributed by atoms with Gasteiger partial charge < -0.3 is 9.15 Å². The molecule has 31 heavy (non-hydrogen) atoms. The summed E-state index contributed by atoms with van der Waals surface area (Å²) in [5.41, 5.74) is 5.51. The van der Waals surface area contributed by atoms with Crippen LogP contribution in [0.25, 0.3) is 22.1 Å². The predicted octanol–water partition coefficient (Wildman–Crippen LogP) is 6.25. The van der Waals surface area contributed by atoms with Crippen molar-refractivity contribution in [2.24, 2.45) is 0 Å². The van der Waals surface area contributed by atoms with E-state index in [-0.39, 0.29) is 6.61 Å². The maximum Gasteiger partial charge on any atom is 0.338 e. The van der Waals surface area contributed by atoms with Crippen molar-refractivity contribution in [1.82, 2.24) is 0 Å². The Balaban J connectivity index is 1.56. The van der Waals surface area contributed by atoms with Gasteiger partial charge in [0, 0.05) is 17.0 Å². The van der Waals surface area contributed by atoms with Gasteiger partial charge >= 0.3 is 11.6 Å². The quantitative estimate of drug-likeness (QED) is 0.287. The third-order valence-electron chi connectivity index (χ3n) is 5.43. The number of rotatable bonds is 5. The maximum atomic E-state index is 12.6. The zero-order valence-corrected chi connectivity index (χ0v) is 17.8. The van der Waals surface area contributed by atoms with Gasteiger partial charge in [0.2, 0.25) is 0 Å². The van der Waals surface area contributed by atoms with Crippen molar-refractivity contribution in [1.29, 1.82) is 0 Å². The van der Waals surface area contributed by atoms with Crippen molar-refractivity contribution < 1.29 is 13.9 Å². The third-order valence-corrected chi connectivity index (χ3v) is 5.43. The Morgan fingerprint density at radius 1 is 0.935 bits per heavy atom. The Bertz CT molecular complexity index is 1280. The van der Waals surface area contributed by atoms with Crippen LogP contribution >= 0.6 is 0 Å². The van der Waals surface area contributed by atoms with E-state index in [1.54, 1.807) is 12.1 Å². The van der Waals surface area contributed by atoms with Gasteiger partial charge in [-0.05, 0) is 59.4 Å². The number of esters is 1. The first kappa shape index (κ1) is 20.6. The summed E-state index contributed by atoms with van der Waals surface area (Å²) in [6.45, 7) is 6.24. The molecule has 0 N–H and O–H groups in total. The standard InChI is InChI=1S/C27H24O4/c1-17(2)23-15-24-22(14-26(28)31-25(24)13-18(23)3)16-30-27(29)21-11-9-20(10-12-21)19-7-5-4-6-8-19/h4-15,17H,16H2,1-3H3. The normalized spacial score (nSPS) is 11.1. The highest BCUT2D eigenvalue weighted by Crippen LogP contribution is 2.27. The number of carbonyl (C=O) groups is 1. The number of ether oxygens (including phenoxy) is 1. The van der Waals surface area contributed by atoms with Crippen molar-refractivity contribution in [3.63, 3.8) is 0 Å². The van der Waals surface area contributed by atoms with Gasteiger partial charge in [-0.1, -0.05) is 56.3 Å². The van der Waals surface area contributed by atoms with Crippen molar-refractivity contribution in [3.8, 4) is 11.1 Å². The van der Waals surface area contributed by atoms with Gasteiger partial charge in [0.15, 0.2) is 0 Å². The molecule has 0 aliphatic rings. The van der Waals surface area contributed by atoms with Crippen molar-refractivity contribution in [2.75, 3.05) is 0 Å². The number of benzene rings is 3. The minimum Gasteiger partial charge on any atom is -0.457 e. The lowest BCUT2D eigenvalue weighted by molar-refractivity contribution is 0.0474. The van der Waals surface area contributed by atoms with Gasteiger partial charge in [-0.2, -0.15) is 0 Å². The summed E-state index contributed by atoms with van der Waals surface area (Å²) in [5.74, 6) is -0.105. The third kappa shape index (κ3) is 4.43. The fourth-order valence-electron chi connectivity index (χ4n) is 3.79. The zero-order chi connectivity index (χ0) is 22.0. The second-order valence-corrected chi connectivity index (χ2v) is 7.97. The number of hydrogen-bond acceptors (Lipinski definition) is 4. The average molecular weight is 412 g/mol. The van der Waals surface area contributed by atoms with Crippen LogP contribution in [0.3, 0.4) is 0 Å². The van der Waals surface area contributed by atoms with Crippen molar-refractivity contribution in [3.05, 3.63) is 105 Å². The molecular weight excluding hydrogens is 388 g/mol. The van der Waals surface area contributed by atoms with Gasteiger partial charge in [0.25, 0.3) is 0 Å². The molecule has 0 saturated carbocycles. The van der Waals surface area contributed by atoms with E-state index in [0.717, 1.165) is 22.1 Å². The van der Waals surface area contributed by atoms with Crippen LogP contribution in [-0.4, -0.2) is 5.97 Å². The highest BCUT2D eigenvalue weighted by Gasteiger charge is 2.14. The second kappa shape index (κ2) is 8.60. The summed E-state index contributed by atoms with van der Waals surface area (Å²) in [6, 6.07) is 22.6. The Labute approximate surface area is 181 Å². The molecule has 4 rings (SSSR count). The highest BCUT2D eigenvalue weighted by atomic mass is 16.5. The molecule has 1 heterocycles. The Morgan fingerprint density at radius 3 is 2.29 bits per heavy atom. The SMILES string of the molecule is Cc1cc2oc(=O)cc(COC(=O)c3ccc(-c4ccccc4)cc3)c2cc1C(C)C. The van der Waals surface area contributed by atoms with Crippen LogP contribution in [-0.2, 0) is 11.3 Å². The molecule has 0 fully saturated rings. The molecule has 4 heteroatoms. The first-order valence-electron chi connectivity index (χ1n) is 10.3. The molecule has 0 amide bonds. The molecule has 0 aliphatic carbocycles. The molecule has 0 radical (unpaired) electrons. The molecule has 0 unspecified atom stereocenters. The van der Waals surface area contributed by atoms with E-state index in [9.17, 15) is 9.59 Å². The summed E-state index contributed by atoms with van der Waals surface area (Å²) >= 11 is 0. The van der Waals surface area contributed by atoms with E-state index < -0.39 is 11.6 Å². The van der Waals surface area contributed by atoms with Crippen LogP contribution in [0.1, 0.15) is 46.8 Å². The summed E-state index contributed by atoms with van der Waals surface area (Å²) in [5, 5.41) is 0.793. The largest absolute Gasteiger partial charge is 0.457 e. The van der Waals surface area contributed by atoms with Gasteiger partial charge in [-0.25, -0.2) is 9.59 Å². The van der Waals surface area contributed by atoms with Crippen LogP contribution in [0.15, 0.2) is 82.0 Å². The van der Waals surface area contributed by atoms with Crippen LogP contribution in [0.2, 0.25) is 0 Å². The molecule has 4 nitrogen and oxygen atoms in total. The van der Waals surface area contributed by atoms with E-state index in [1.165, 1.54) is 11.6 Å². The molecule has 0 aliphatic heterocycles. The average Bonchev–Trinajstić information content (AvgIpc) is 2.77. The summed E-state index contributed by atoms with van der Waals surface area (Å²) in [6.07, 6.45) is 0. The number of carbonyl (C=O) groups excluding carboxylic acids is 1. The van der Waals surface area contributed by atoms with E-state index >= 15 is 0 Å². The topological polar surface area (TPSA) is 56.5 Å². The molecule has 1 aromatic heterocycles. The second-order valence-electron chi connectivity index (χ2n) is 7.97. The summed E-state index contributed by atoms with van der Waals surface area (Å²) in [4.78, 5) is 24.6. The fraction of sp³-hybridized carbons (Fsp3) is 0.185. The molecule has 0 saturated heterocycles. The number of hydrogen-bond donors (Lipinski definition) is 0. The summed E-state index contributed by atoms with van der Waals surface area (Å²) in [7, 11) is 0. The predicted molar refractivity (Wildman–Crippen MR) is 122 cm³/mol. The molecular formula is C27H24O4. The smallest absolute Gasteiger partial charge is 0.338 e. The van der Waals surface area contributed by atoms with Gasteiger partial charge in [0.1, 0.15) is 12.2 Å². The lowest BCUT2D eigenvalue weighted by atomic mass is 9.95. The Kier molecular flexibility index (Phi) is 5.72. The van der Waals surface area contributed by atoms with E-state index in [2.05, 4.69) is 13.8 Å². The van der Waals surface area contributed by atoms with E-state index in [0.29, 0.717) is 22.6 Å². The zero-order valence-electron chi connectivity index (χ0n) is 17.8. The van der Waals surface area contributed by atoms with Crippen molar-refractivity contribution >= 4 is 16.9 Å². The molecule has 4 aromatic rings. The Morgan fingerprint density at radius 2 is 1.61 bits per heavy atom. The molecule has 0 spiro atoms. The van der Waals surface area contributed by atoms with Gasteiger partial charge in [-0.3, -0.25) is 0 Å². The fourth-order valence-corrected chi connectivity index (χ4v) is 3.79.